The number of ether oxygens (including phenoxy) is 1. The van der Waals surface area contributed by atoms with E-state index in [9.17, 15) is 4.79 Å². The van der Waals surface area contributed by atoms with Crippen LogP contribution in [-0.4, -0.2) is 36.6 Å². The van der Waals surface area contributed by atoms with E-state index in [1.54, 1.807) is 7.11 Å². The molecule has 1 aliphatic rings. The van der Waals surface area contributed by atoms with Crippen LogP contribution in [0.4, 0.5) is 0 Å². The summed E-state index contributed by atoms with van der Waals surface area (Å²) >= 11 is 0. The van der Waals surface area contributed by atoms with Crippen molar-refractivity contribution in [3.8, 4) is 6.07 Å². The van der Waals surface area contributed by atoms with Crippen molar-refractivity contribution in [1.82, 2.24) is 4.90 Å². The fourth-order valence-corrected chi connectivity index (χ4v) is 2.34. The number of nitrogens with zero attached hydrogens (tertiary/aromatic N) is 2. The predicted molar refractivity (Wildman–Crippen MR) is 65.1 cm³/mol. The Morgan fingerprint density at radius 3 is 2.59 bits per heavy atom. The molecular formula is C13H22N2O2. The molecule has 0 N–H and O–H groups in total. The van der Waals surface area contributed by atoms with Gasteiger partial charge in [-0.1, -0.05) is 13.8 Å². The third kappa shape index (κ3) is 3.19. The largest absolute Gasteiger partial charge is 0.381 e. The zero-order valence-corrected chi connectivity index (χ0v) is 11.1. The van der Waals surface area contributed by atoms with Crippen molar-refractivity contribution in [1.29, 1.82) is 5.26 Å². The lowest BCUT2D eigenvalue weighted by molar-refractivity contribution is -0.140. The van der Waals surface area contributed by atoms with Crippen LogP contribution >= 0.6 is 0 Å². The van der Waals surface area contributed by atoms with Gasteiger partial charge in [0.25, 0.3) is 0 Å². The maximum Gasteiger partial charge on any atom is 0.240 e. The molecule has 0 radical (unpaired) electrons. The molecule has 0 bridgehead atoms. The fourth-order valence-electron chi connectivity index (χ4n) is 2.34. The number of carbonyl (C=O) groups excluding carboxylic acids is 1. The van der Waals surface area contributed by atoms with Crippen molar-refractivity contribution in [3.63, 3.8) is 0 Å². The molecule has 1 amide bonds. The van der Waals surface area contributed by atoms with Gasteiger partial charge in [0.15, 0.2) is 0 Å². The topological polar surface area (TPSA) is 53.3 Å². The molecule has 0 spiro atoms. The smallest absolute Gasteiger partial charge is 0.240 e. The molecule has 17 heavy (non-hydrogen) atoms. The van der Waals surface area contributed by atoms with Crippen molar-refractivity contribution in [2.24, 2.45) is 11.8 Å². The molecule has 0 aromatic carbocycles. The van der Waals surface area contributed by atoms with Crippen molar-refractivity contribution in [2.75, 3.05) is 13.7 Å². The normalized spacial score (nSPS) is 26.7. The molecule has 1 aliphatic heterocycles. The van der Waals surface area contributed by atoms with Gasteiger partial charge in [0.1, 0.15) is 5.92 Å². The highest BCUT2D eigenvalue weighted by atomic mass is 16.5. The van der Waals surface area contributed by atoms with Gasteiger partial charge in [0.2, 0.25) is 5.91 Å². The van der Waals surface area contributed by atoms with Crippen molar-refractivity contribution >= 4 is 5.91 Å². The number of amides is 1. The maximum absolute atomic E-state index is 12.2. The Balaban J connectivity index is 2.68. The number of hydrogen-bond acceptors (Lipinski definition) is 3. The third-order valence-corrected chi connectivity index (χ3v) is 3.52. The highest BCUT2D eigenvalue weighted by Gasteiger charge is 2.33. The Labute approximate surface area is 104 Å². The fraction of sp³-hybridized carbons (Fsp3) is 0.846. The van der Waals surface area contributed by atoms with E-state index in [1.807, 2.05) is 25.7 Å². The maximum atomic E-state index is 12.2. The lowest BCUT2D eigenvalue weighted by atomic mass is 9.92. The summed E-state index contributed by atoms with van der Waals surface area (Å²) in [6.07, 6.45) is 1.97. The third-order valence-electron chi connectivity index (χ3n) is 3.52. The van der Waals surface area contributed by atoms with Gasteiger partial charge in [0, 0.05) is 19.7 Å². The number of nitriles is 1. The van der Waals surface area contributed by atoms with E-state index >= 15 is 0 Å². The SMILES string of the molecule is COC1CCN(C(=O)C(C#N)C(C)C)C(C)C1. The summed E-state index contributed by atoms with van der Waals surface area (Å²) in [6.45, 7) is 6.55. The Kier molecular flexibility index (Phi) is 4.95. The van der Waals surface area contributed by atoms with Gasteiger partial charge in [-0.25, -0.2) is 0 Å². The standard InChI is InChI=1S/C13H22N2O2/c1-9(2)12(8-14)13(16)15-6-5-11(17-4)7-10(15)3/h9-12H,5-7H2,1-4H3. The van der Waals surface area contributed by atoms with Crippen molar-refractivity contribution in [2.45, 2.75) is 45.8 Å². The van der Waals surface area contributed by atoms with Crippen LogP contribution in [0.15, 0.2) is 0 Å². The summed E-state index contributed by atoms with van der Waals surface area (Å²) in [6, 6.07) is 2.28. The van der Waals surface area contributed by atoms with Crippen LogP contribution in [0.5, 0.6) is 0 Å². The summed E-state index contributed by atoms with van der Waals surface area (Å²) in [4.78, 5) is 14.1. The van der Waals surface area contributed by atoms with Gasteiger partial charge in [-0.2, -0.15) is 5.26 Å². The van der Waals surface area contributed by atoms with E-state index in [-0.39, 0.29) is 24.0 Å². The number of methoxy groups -OCH3 is 1. The molecular weight excluding hydrogens is 216 g/mol. The number of rotatable bonds is 3. The average Bonchev–Trinajstić information content (AvgIpc) is 2.28. The zero-order chi connectivity index (χ0) is 13.0. The van der Waals surface area contributed by atoms with Crippen LogP contribution < -0.4 is 0 Å². The monoisotopic (exact) mass is 238 g/mol. The van der Waals surface area contributed by atoms with Crippen LogP contribution in [-0.2, 0) is 9.53 Å². The predicted octanol–water partition coefficient (Wildman–Crippen LogP) is 1.81. The van der Waals surface area contributed by atoms with Crippen LogP contribution in [0, 0.1) is 23.2 Å². The van der Waals surface area contributed by atoms with Crippen LogP contribution in [0.25, 0.3) is 0 Å². The van der Waals surface area contributed by atoms with E-state index in [0.717, 1.165) is 12.8 Å². The van der Waals surface area contributed by atoms with Crippen LogP contribution in [0.2, 0.25) is 0 Å². The summed E-state index contributed by atoms with van der Waals surface area (Å²) in [7, 11) is 1.71. The van der Waals surface area contributed by atoms with E-state index in [1.165, 1.54) is 0 Å². The second-order valence-electron chi connectivity index (χ2n) is 5.11. The van der Waals surface area contributed by atoms with E-state index < -0.39 is 5.92 Å². The number of likely N-dealkylation sites (tertiary alicyclic amines) is 1. The minimum absolute atomic E-state index is 0.0236. The minimum Gasteiger partial charge on any atom is -0.381 e. The van der Waals surface area contributed by atoms with E-state index in [0.29, 0.717) is 6.54 Å². The lowest BCUT2D eigenvalue weighted by Gasteiger charge is -2.38. The van der Waals surface area contributed by atoms with Gasteiger partial charge in [-0.3, -0.25) is 4.79 Å². The number of carbonyl (C=O) groups is 1. The van der Waals surface area contributed by atoms with Gasteiger partial charge in [-0.15, -0.1) is 0 Å². The Bertz CT molecular complexity index is 309. The molecule has 0 saturated carbocycles. The van der Waals surface area contributed by atoms with Crippen molar-refractivity contribution < 1.29 is 9.53 Å². The summed E-state index contributed by atoms with van der Waals surface area (Å²) < 4.78 is 5.32. The summed E-state index contributed by atoms with van der Waals surface area (Å²) in [5, 5.41) is 9.06. The molecule has 3 atom stereocenters. The van der Waals surface area contributed by atoms with Crippen LogP contribution in [0.3, 0.4) is 0 Å². The summed E-state index contributed by atoms with van der Waals surface area (Å²) in [5.41, 5.74) is 0. The van der Waals surface area contributed by atoms with E-state index in [2.05, 4.69) is 6.07 Å². The van der Waals surface area contributed by atoms with Crippen molar-refractivity contribution in [3.05, 3.63) is 0 Å². The Morgan fingerprint density at radius 1 is 1.53 bits per heavy atom. The number of hydrogen-bond donors (Lipinski definition) is 0. The Hall–Kier alpha value is -1.08. The first-order valence-corrected chi connectivity index (χ1v) is 6.24. The van der Waals surface area contributed by atoms with Gasteiger partial charge in [-0.05, 0) is 25.7 Å². The molecule has 0 aromatic heterocycles. The second-order valence-corrected chi connectivity index (χ2v) is 5.11. The first kappa shape index (κ1) is 14.0. The first-order valence-electron chi connectivity index (χ1n) is 6.24. The average molecular weight is 238 g/mol. The zero-order valence-electron chi connectivity index (χ0n) is 11.1. The molecule has 3 unspecified atom stereocenters. The molecule has 1 heterocycles. The molecule has 1 saturated heterocycles. The molecule has 0 aromatic rings. The van der Waals surface area contributed by atoms with Gasteiger partial charge in [0.05, 0.1) is 12.2 Å². The Morgan fingerprint density at radius 2 is 2.18 bits per heavy atom. The molecule has 1 rings (SSSR count). The van der Waals surface area contributed by atoms with Gasteiger partial charge < -0.3 is 9.64 Å². The molecule has 0 aliphatic carbocycles. The van der Waals surface area contributed by atoms with E-state index in [4.69, 9.17) is 10.00 Å². The molecule has 1 fully saturated rings. The molecule has 4 nitrogen and oxygen atoms in total. The highest BCUT2D eigenvalue weighted by Crippen LogP contribution is 2.23. The number of piperidine rings is 1. The lowest BCUT2D eigenvalue weighted by Crippen LogP contribution is -2.49. The minimum atomic E-state index is -0.517. The summed E-state index contributed by atoms with van der Waals surface area (Å²) in [5.74, 6) is -0.471. The highest BCUT2D eigenvalue weighted by molar-refractivity contribution is 5.81. The van der Waals surface area contributed by atoms with Gasteiger partial charge >= 0.3 is 0 Å². The van der Waals surface area contributed by atoms with Crippen LogP contribution in [0.1, 0.15) is 33.6 Å². The quantitative estimate of drug-likeness (QED) is 0.753. The molecule has 4 heteroatoms. The first-order chi connectivity index (χ1) is 8.01. The second kappa shape index (κ2) is 6.02. The molecule has 96 valence electrons.